The van der Waals surface area contributed by atoms with Gasteiger partial charge in [-0.15, -0.1) is 0 Å². The Bertz CT molecular complexity index is 801. The van der Waals surface area contributed by atoms with E-state index < -0.39 is 16.1 Å². The largest absolute Gasteiger partial charge is 0.355 e. The molecule has 8 heteroatoms. The third kappa shape index (κ3) is 2.75. The SMILES string of the molecule is CNC(=O)c1cn[nH]c1[C@@H]1CCCN1S(=O)(=O)c1ccccc1. The Morgan fingerprint density at radius 1 is 1.35 bits per heavy atom. The number of benzene rings is 1. The molecule has 1 aliphatic rings. The van der Waals surface area contributed by atoms with E-state index in [1.807, 2.05) is 0 Å². The summed E-state index contributed by atoms with van der Waals surface area (Å²) in [6, 6.07) is 7.93. The van der Waals surface area contributed by atoms with Crippen LogP contribution < -0.4 is 5.32 Å². The van der Waals surface area contributed by atoms with Crippen LogP contribution in [-0.4, -0.2) is 42.4 Å². The number of sulfonamides is 1. The van der Waals surface area contributed by atoms with Crippen LogP contribution in [0.5, 0.6) is 0 Å². The molecule has 3 rings (SSSR count). The van der Waals surface area contributed by atoms with Gasteiger partial charge in [0.25, 0.3) is 5.91 Å². The summed E-state index contributed by atoms with van der Waals surface area (Å²) in [6.07, 6.45) is 2.82. The van der Waals surface area contributed by atoms with Crippen molar-refractivity contribution in [3.63, 3.8) is 0 Å². The van der Waals surface area contributed by atoms with Crippen LogP contribution in [0, 0.1) is 0 Å². The van der Waals surface area contributed by atoms with E-state index in [2.05, 4.69) is 15.5 Å². The van der Waals surface area contributed by atoms with Crippen molar-refractivity contribution in [3.8, 4) is 0 Å². The molecule has 1 amide bonds. The quantitative estimate of drug-likeness (QED) is 0.881. The van der Waals surface area contributed by atoms with Crippen molar-refractivity contribution in [2.24, 2.45) is 0 Å². The Morgan fingerprint density at radius 2 is 2.09 bits per heavy atom. The number of nitrogens with one attached hydrogen (secondary N) is 2. The molecule has 2 heterocycles. The summed E-state index contributed by atoms with van der Waals surface area (Å²) in [5.74, 6) is -0.280. The van der Waals surface area contributed by atoms with Crippen LogP contribution in [0.25, 0.3) is 0 Å². The number of nitrogens with zero attached hydrogens (tertiary/aromatic N) is 2. The lowest BCUT2D eigenvalue weighted by Gasteiger charge is -2.24. The first-order valence-electron chi connectivity index (χ1n) is 7.38. The maximum Gasteiger partial charge on any atom is 0.254 e. The summed E-state index contributed by atoms with van der Waals surface area (Å²) in [6.45, 7) is 0.425. The molecule has 7 nitrogen and oxygen atoms in total. The fraction of sp³-hybridized carbons (Fsp3) is 0.333. The van der Waals surface area contributed by atoms with E-state index in [0.717, 1.165) is 6.42 Å². The highest BCUT2D eigenvalue weighted by Crippen LogP contribution is 2.36. The predicted octanol–water partition coefficient (Wildman–Crippen LogP) is 1.30. The van der Waals surface area contributed by atoms with Gasteiger partial charge in [0.15, 0.2) is 0 Å². The summed E-state index contributed by atoms with van der Waals surface area (Å²) < 4.78 is 27.2. The Kier molecular flexibility index (Phi) is 4.18. The summed E-state index contributed by atoms with van der Waals surface area (Å²) in [4.78, 5) is 12.2. The summed E-state index contributed by atoms with van der Waals surface area (Å²) in [7, 11) is -2.08. The van der Waals surface area contributed by atoms with E-state index in [1.165, 1.54) is 17.5 Å². The Balaban J connectivity index is 1.99. The van der Waals surface area contributed by atoms with E-state index in [-0.39, 0.29) is 10.8 Å². The lowest BCUT2D eigenvalue weighted by atomic mass is 10.1. The van der Waals surface area contributed by atoms with Crippen LogP contribution in [0.1, 0.15) is 34.9 Å². The zero-order chi connectivity index (χ0) is 16.4. The smallest absolute Gasteiger partial charge is 0.254 e. The number of hydrogen-bond acceptors (Lipinski definition) is 4. The van der Waals surface area contributed by atoms with Gasteiger partial charge in [0.2, 0.25) is 10.0 Å². The molecular weight excluding hydrogens is 316 g/mol. The van der Waals surface area contributed by atoms with Gasteiger partial charge in [-0.25, -0.2) is 8.42 Å². The van der Waals surface area contributed by atoms with Crippen molar-refractivity contribution in [1.29, 1.82) is 0 Å². The molecule has 122 valence electrons. The molecule has 0 aliphatic carbocycles. The molecule has 0 unspecified atom stereocenters. The topological polar surface area (TPSA) is 95.2 Å². The maximum absolute atomic E-state index is 12.9. The van der Waals surface area contributed by atoms with Gasteiger partial charge in [-0.2, -0.15) is 9.40 Å². The first-order chi connectivity index (χ1) is 11.1. The third-order valence-electron chi connectivity index (χ3n) is 4.03. The minimum atomic E-state index is -3.61. The minimum Gasteiger partial charge on any atom is -0.355 e. The molecule has 2 N–H and O–H groups in total. The number of rotatable bonds is 4. The van der Waals surface area contributed by atoms with Crippen LogP contribution >= 0.6 is 0 Å². The molecule has 0 radical (unpaired) electrons. The van der Waals surface area contributed by atoms with Gasteiger partial charge in [-0.05, 0) is 25.0 Å². The van der Waals surface area contributed by atoms with Gasteiger partial charge in [0.05, 0.1) is 28.4 Å². The highest BCUT2D eigenvalue weighted by atomic mass is 32.2. The minimum absolute atomic E-state index is 0.257. The van der Waals surface area contributed by atoms with Crippen molar-refractivity contribution in [2.75, 3.05) is 13.6 Å². The maximum atomic E-state index is 12.9. The second-order valence-electron chi connectivity index (χ2n) is 5.36. The molecule has 0 saturated carbocycles. The molecule has 1 atom stereocenters. The monoisotopic (exact) mass is 334 g/mol. The average molecular weight is 334 g/mol. The lowest BCUT2D eigenvalue weighted by Crippen LogP contribution is -2.32. The molecule has 1 saturated heterocycles. The number of amides is 1. The average Bonchev–Trinajstić information content (AvgIpc) is 3.23. The van der Waals surface area contributed by atoms with Crippen molar-refractivity contribution >= 4 is 15.9 Å². The first-order valence-corrected chi connectivity index (χ1v) is 8.82. The highest BCUT2D eigenvalue weighted by molar-refractivity contribution is 7.89. The van der Waals surface area contributed by atoms with Crippen LogP contribution in [0.15, 0.2) is 41.4 Å². The zero-order valence-corrected chi connectivity index (χ0v) is 13.5. The highest BCUT2D eigenvalue weighted by Gasteiger charge is 2.38. The van der Waals surface area contributed by atoms with Crippen molar-refractivity contribution < 1.29 is 13.2 Å². The van der Waals surface area contributed by atoms with E-state index in [0.29, 0.717) is 24.2 Å². The van der Waals surface area contributed by atoms with E-state index in [9.17, 15) is 13.2 Å². The van der Waals surface area contributed by atoms with E-state index in [1.54, 1.807) is 30.3 Å². The van der Waals surface area contributed by atoms with Crippen LogP contribution in [0.4, 0.5) is 0 Å². The number of H-pyrrole nitrogens is 1. The molecule has 0 bridgehead atoms. The fourth-order valence-electron chi connectivity index (χ4n) is 2.91. The van der Waals surface area contributed by atoms with E-state index >= 15 is 0 Å². The molecule has 23 heavy (non-hydrogen) atoms. The number of carbonyl (C=O) groups excluding carboxylic acids is 1. The molecule has 1 aliphatic heterocycles. The summed E-state index contributed by atoms with van der Waals surface area (Å²) in [5.41, 5.74) is 0.925. The number of carbonyl (C=O) groups is 1. The van der Waals surface area contributed by atoms with Crippen molar-refractivity contribution in [1.82, 2.24) is 19.8 Å². The third-order valence-corrected chi connectivity index (χ3v) is 5.95. The first kappa shape index (κ1) is 15.7. The molecule has 1 aromatic carbocycles. The fourth-order valence-corrected chi connectivity index (χ4v) is 4.60. The summed E-state index contributed by atoms with van der Waals surface area (Å²) >= 11 is 0. The normalized spacial score (nSPS) is 18.9. The molecular formula is C15H18N4O3S. The van der Waals surface area contributed by atoms with Gasteiger partial charge in [0, 0.05) is 13.6 Å². The van der Waals surface area contributed by atoms with Crippen LogP contribution in [0.3, 0.4) is 0 Å². The van der Waals surface area contributed by atoms with Crippen molar-refractivity contribution in [2.45, 2.75) is 23.8 Å². The van der Waals surface area contributed by atoms with Crippen molar-refractivity contribution in [3.05, 3.63) is 47.8 Å². The Labute approximate surface area is 134 Å². The number of aromatic nitrogens is 2. The van der Waals surface area contributed by atoms with Gasteiger partial charge in [0.1, 0.15) is 0 Å². The van der Waals surface area contributed by atoms with Gasteiger partial charge < -0.3 is 5.32 Å². The molecule has 1 fully saturated rings. The Hall–Kier alpha value is -2.19. The van der Waals surface area contributed by atoms with Crippen LogP contribution in [0.2, 0.25) is 0 Å². The molecule has 2 aromatic rings. The Morgan fingerprint density at radius 3 is 2.78 bits per heavy atom. The molecule has 1 aromatic heterocycles. The van der Waals surface area contributed by atoms with Gasteiger partial charge >= 0.3 is 0 Å². The standard InChI is InChI=1S/C15H18N4O3S/c1-16-15(20)12-10-17-18-14(12)13-8-5-9-19(13)23(21,22)11-6-3-2-4-7-11/h2-4,6-7,10,13H,5,8-9H2,1H3,(H,16,20)(H,17,18)/t13-/m0/s1. The van der Waals surface area contributed by atoms with Gasteiger partial charge in [-0.1, -0.05) is 18.2 Å². The second kappa shape index (κ2) is 6.13. The number of aromatic amines is 1. The lowest BCUT2D eigenvalue weighted by molar-refractivity contribution is 0.0961. The van der Waals surface area contributed by atoms with Crippen LogP contribution in [-0.2, 0) is 10.0 Å². The van der Waals surface area contributed by atoms with E-state index in [4.69, 9.17) is 0 Å². The predicted molar refractivity (Wildman–Crippen MR) is 84.3 cm³/mol. The molecule has 0 spiro atoms. The van der Waals surface area contributed by atoms with Gasteiger partial charge in [-0.3, -0.25) is 9.89 Å². The second-order valence-corrected chi connectivity index (χ2v) is 7.25. The number of hydrogen-bond donors (Lipinski definition) is 2. The zero-order valence-electron chi connectivity index (χ0n) is 12.7. The summed E-state index contributed by atoms with van der Waals surface area (Å²) in [5, 5.41) is 9.27.